The maximum Gasteiger partial charge on any atom is 0.141 e. The van der Waals surface area contributed by atoms with Gasteiger partial charge in [0.25, 0.3) is 0 Å². The highest BCUT2D eigenvalue weighted by Crippen LogP contribution is 2.13. The highest BCUT2D eigenvalue weighted by molar-refractivity contribution is 5.08. The number of aromatic nitrogens is 1. The lowest BCUT2D eigenvalue weighted by atomic mass is 10.2. The van der Waals surface area contributed by atoms with Crippen LogP contribution in [0.25, 0.3) is 0 Å². The number of halogens is 1. The van der Waals surface area contributed by atoms with Crippen LogP contribution in [0.15, 0.2) is 18.3 Å². The number of ether oxygens (including phenoxy) is 1. The van der Waals surface area contributed by atoms with E-state index >= 15 is 0 Å². The number of rotatable bonds is 4. The highest BCUT2D eigenvalue weighted by atomic mass is 19.1. The first-order valence-electron chi connectivity index (χ1n) is 5.72. The zero-order chi connectivity index (χ0) is 11.4. The second-order valence-electron chi connectivity index (χ2n) is 4.17. The molecule has 0 amide bonds. The van der Waals surface area contributed by atoms with Gasteiger partial charge in [0.15, 0.2) is 0 Å². The van der Waals surface area contributed by atoms with E-state index in [1.165, 1.54) is 12.3 Å². The Morgan fingerprint density at radius 2 is 2.50 bits per heavy atom. The molecule has 1 saturated heterocycles. The summed E-state index contributed by atoms with van der Waals surface area (Å²) in [5, 5.41) is 3.35. The molecule has 2 rings (SSSR count). The second-order valence-corrected chi connectivity index (χ2v) is 4.17. The molecule has 2 atom stereocenters. The Hall–Kier alpha value is -1.00. The van der Waals surface area contributed by atoms with E-state index in [0.717, 1.165) is 31.7 Å². The first kappa shape index (κ1) is 11.5. The average molecular weight is 224 g/mol. The molecule has 16 heavy (non-hydrogen) atoms. The molecule has 1 aromatic heterocycles. The summed E-state index contributed by atoms with van der Waals surface area (Å²) in [4.78, 5) is 4.05. The van der Waals surface area contributed by atoms with Crippen molar-refractivity contribution in [3.05, 3.63) is 29.8 Å². The molecule has 0 bridgehead atoms. The van der Waals surface area contributed by atoms with Crippen LogP contribution in [0.4, 0.5) is 4.39 Å². The van der Waals surface area contributed by atoms with E-state index in [9.17, 15) is 4.39 Å². The van der Waals surface area contributed by atoms with E-state index in [4.69, 9.17) is 4.74 Å². The summed E-state index contributed by atoms with van der Waals surface area (Å²) in [5.74, 6) is -0.296. The van der Waals surface area contributed by atoms with Crippen molar-refractivity contribution >= 4 is 0 Å². The highest BCUT2D eigenvalue weighted by Gasteiger charge is 2.16. The molecule has 3 nitrogen and oxygen atoms in total. The predicted molar refractivity (Wildman–Crippen MR) is 59.6 cm³/mol. The molecule has 2 unspecified atom stereocenters. The molecule has 2 heterocycles. The van der Waals surface area contributed by atoms with Gasteiger partial charge in [0.05, 0.1) is 18.0 Å². The third kappa shape index (κ3) is 3.00. The molecule has 1 fully saturated rings. The van der Waals surface area contributed by atoms with Crippen molar-refractivity contribution in [3.8, 4) is 0 Å². The number of nitrogens with zero attached hydrogens (tertiary/aromatic N) is 1. The van der Waals surface area contributed by atoms with Crippen molar-refractivity contribution in [2.45, 2.75) is 31.9 Å². The topological polar surface area (TPSA) is 34.1 Å². The fourth-order valence-electron chi connectivity index (χ4n) is 1.86. The minimum atomic E-state index is -0.296. The number of pyridine rings is 1. The SMILES string of the molecule is CC(NCC1CCCO1)c1ccc(F)cn1. The fourth-order valence-corrected chi connectivity index (χ4v) is 1.86. The van der Waals surface area contributed by atoms with Crippen LogP contribution in [0.5, 0.6) is 0 Å². The fraction of sp³-hybridized carbons (Fsp3) is 0.583. The zero-order valence-electron chi connectivity index (χ0n) is 9.45. The van der Waals surface area contributed by atoms with Crippen molar-refractivity contribution in [2.24, 2.45) is 0 Å². The number of nitrogens with one attached hydrogen (secondary N) is 1. The van der Waals surface area contributed by atoms with Gasteiger partial charge < -0.3 is 10.1 Å². The van der Waals surface area contributed by atoms with E-state index in [0.29, 0.717) is 6.10 Å². The van der Waals surface area contributed by atoms with Gasteiger partial charge in [-0.25, -0.2) is 4.39 Å². The van der Waals surface area contributed by atoms with E-state index in [1.54, 1.807) is 6.07 Å². The van der Waals surface area contributed by atoms with E-state index in [-0.39, 0.29) is 11.9 Å². The van der Waals surface area contributed by atoms with Gasteiger partial charge >= 0.3 is 0 Å². The predicted octanol–water partition coefficient (Wildman–Crippen LogP) is 2.05. The van der Waals surface area contributed by atoms with Crippen LogP contribution in [0, 0.1) is 5.82 Å². The summed E-state index contributed by atoms with van der Waals surface area (Å²) in [7, 11) is 0. The molecule has 0 aliphatic carbocycles. The van der Waals surface area contributed by atoms with Gasteiger partial charge in [0.2, 0.25) is 0 Å². The van der Waals surface area contributed by atoms with Gasteiger partial charge in [-0.3, -0.25) is 4.98 Å². The summed E-state index contributed by atoms with van der Waals surface area (Å²) in [6, 6.07) is 3.28. The number of hydrogen-bond acceptors (Lipinski definition) is 3. The molecule has 1 aromatic rings. The lowest BCUT2D eigenvalue weighted by Gasteiger charge is -2.16. The number of hydrogen-bond donors (Lipinski definition) is 1. The zero-order valence-corrected chi connectivity index (χ0v) is 9.45. The summed E-state index contributed by atoms with van der Waals surface area (Å²) in [6.45, 7) is 3.73. The Morgan fingerprint density at radius 3 is 3.12 bits per heavy atom. The summed E-state index contributed by atoms with van der Waals surface area (Å²) in [6.07, 6.45) is 3.84. The maximum atomic E-state index is 12.7. The van der Waals surface area contributed by atoms with Crippen LogP contribution in [-0.2, 0) is 4.74 Å². The molecule has 0 radical (unpaired) electrons. The molecule has 0 aromatic carbocycles. The molecular formula is C12H17FN2O. The Morgan fingerprint density at radius 1 is 1.62 bits per heavy atom. The van der Waals surface area contributed by atoms with Gasteiger partial charge in [0, 0.05) is 19.2 Å². The Kier molecular flexibility index (Phi) is 3.85. The van der Waals surface area contributed by atoms with Crippen LogP contribution in [0.1, 0.15) is 31.5 Å². The Labute approximate surface area is 95.0 Å². The van der Waals surface area contributed by atoms with E-state index in [1.807, 2.05) is 6.92 Å². The van der Waals surface area contributed by atoms with Crippen molar-refractivity contribution in [2.75, 3.05) is 13.2 Å². The second kappa shape index (κ2) is 5.37. The summed E-state index contributed by atoms with van der Waals surface area (Å²) >= 11 is 0. The third-order valence-electron chi connectivity index (χ3n) is 2.87. The molecule has 88 valence electrons. The maximum absolute atomic E-state index is 12.7. The molecule has 0 spiro atoms. The van der Waals surface area contributed by atoms with Gasteiger partial charge in [-0.2, -0.15) is 0 Å². The average Bonchev–Trinajstić information content (AvgIpc) is 2.80. The van der Waals surface area contributed by atoms with E-state index in [2.05, 4.69) is 10.3 Å². The largest absolute Gasteiger partial charge is 0.377 e. The van der Waals surface area contributed by atoms with Gasteiger partial charge in [-0.15, -0.1) is 0 Å². The van der Waals surface area contributed by atoms with Crippen LogP contribution in [-0.4, -0.2) is 24.2 Å². The smallest absolute Gasteiger partial charge is 0.141 e. The minimum absolute atomic E-state index is 0.129. The van der Waals surface area contributed by atoms with Crippen molar-refractivity contribution < 1.29 is 9.13 Å². The summed E-state index contributed by atoms with van der Waals surface area (Å²) in [5.41, 5.74) is 0.861. The van der Waals surface area contributed by atoms with Gasteiger partial charge in [-0.1, -0.05) is 0 Å². The normalized spacial score (nSPS) is 22.2. The summed E-state index contributed by atoms with van der Waals surface area (Å²) < 4.78 is 18.2. The van der Waals surface area contributed by atoms with Gasteiger partial charge in [-0.05, 0) is 31.9 Å². The minimum Gasteiger partial charge on any atom is -0.377 e. The molecule has 1 aliphatic heterocycles. The monoisotopic (exact) mass is 224 g/mol. The standard InChI is InChI=1S/C12H17FN2O/c1-9(12-5-4-10(13)7-15-12)14-8-11-3-2-6-16-11/h4-5,7,9,11,14H,2-3,6,8H2,1H3. The first-order valence-corrected chi connectivity index (χ1v) is 5.72. The molecule has 1 aliphatic rings. The van der Waals surface area contributed by atoms with Crippen molar-refractivity contribution in [3.63, 3.8) is 0 Å². The quantitative estimate of drug-likeness (QED) is 0.850. The third-order valence-corrected chi connectivity index (χ3v) is 2.87. The Bertz CT molecular complexity index is 322. The lowest BCUT2D eigenvalue weighted by Crippen LogP contribution is -2.29. The molecule has 1 N–H and O–H groups in total. The van der Waals surface area contributed by atoms with Crippen LogP contribution in [0.2, 0.25) is 0 Å². The van der Waals surface area contributed by atoms with Crippen LogP contribution in [0.3, 0.4) is 0 Å². The van der Waals surface area contributed by atoms with E-state index < -0.39 is 0 Å². The van der Waals surface area contributed by atoms with Crippen LogP contribution >= 0.6 is 0 Å². The lowest BCUT2D eigenvalue weighted by molar-refractivity contribution is 0.108. The molecule has 0 saturated carbocycles. The van der Waals surface area contributed by atoms with Gasteiger partial charge in [0.1, 0.15) is 5.82 Å². The Balaban J connectivity index is 1.82. The first-order chi connectivity index (χ1) is 7.75. The van der Waals surface area contributed by atoms with Crippen molar-refractivity contribution in [1.29, 1.82) is 0 Å². The van der Waals surface area contributed by atoms with Crippen molar-refractivity contribution in [1.82, 2.24) is 10.3 Å². The molecular weight excluding hydrogens is 207 g/mol. The van der Waals surface area contributed by atoms with Crippen LogP contribution < -0.4 is 5.32 Å². The molecule has 4 heteroatoms.